The Morgan fingerprint density at radius 3 is 2.31 bits per heavy atom. The summed E-state index contributed by atoms with van der Waals surface area (Å²) in [6, 6.07) is 1.22. The minimum Gasteiger partial charge on any atom is -0.504 e. The second-order valence-corrected chi connectivity index (χ2v) is 2.87. The van der Waals surface area contributed by atoms with Crippen LogP contribution in [0.15, 0.2) is 12.1 Å². The SMILES string of the molecule is COc1cc(C(=O)C(F)(F)F)cc(O)c1O. The number of methoxy groups -OCH3 is 1. The van der Waals surface area contributed by atoms with E-state index in [2.05, 4.69) is 4.74 Å². The molecule has 7 heteroatoms. The highest BCUT2D eigenvalue weighted by Gasteiger charge is 2.40. The summed E-state index contributed by atoms with van der Waals surface area (Å²) in [5, 5.41) is 18.2. The van der Waals surface area contributed by atoms with E-state index in [1.54, 1.807) is 0 Å². The second-order valence-electron chi connectivity index (χ2n) is 2.87. The van der Waals surface area contributed by atoms with Gasteiger partial charge in [-0.2, -0.15) is 13.2 Å². The molecule has 0 saturated heterocycles. The molecule has 88 valence electrons. The average Bonchev–Trinajstić information content (AvgIpc) is 2.19. The fourth-order valence-corrected chi connectivity index (χ4v) is 1.04. The van der Waals surface area contributed by atoms with Gasteiger partial charge in [-0.25, -0.2) is 0 Å². The predicted octanol–water partition coefficient (Wildman–Crippen LogP) is 1.85. The van der Waals surface area contributed by atoms with E-state index in [0.29, 0.717) is 12.1 Å². The van der Waals surface area contributed by atoms with Crippen LogP contribution in [-0.2, 0) is 0 Å². The number of carbonyl (C=O) groups is 1. The first-order valence-corrected chi connectivity index (χ1v) is 3.99. The average molecular weight is 236 g/mol. The summed E-state index contributed by atoms with van der Waals surface area (Å²) in [4.78, 5) is 10.8. The quantitative estimate of drug-likeness (QED) is 0.607. The van der Waals surface area contributed by atoms with Crippen LogP contribution in [0, 0.1) is 0 Å². The number of alkyl halides is 3. The van der Waals surface area contributed by atoms with Crippen LogP contribution in [0.25, 0.3) is 0 Å². The third-order valence-electron chi connectivity index (χ3n) is 1.79. The van der Waals surface area contributed by atoms with E-state index >= 15 is 0 Å². The fourth-order valence-electron chi connectivity index (χ4n) is 1.04. The van der Waals surface area contributed by atoms with Gasteiger partial charge in [-0.3, -0.25) is 4.79 Å². The molecule has 0 atom stereocenters. The Kier molecular flexibility index (Phi) is 2.97. The first kappa shape index (κ1) is 12.2. The normalized spacial score (nSPS) is 11.2. The van der Waals surface area contributed by atoms with E-state index in [-0.39, 0.29) is 0 Å². The Morgan fingerprint density at radius 1 is 1.31 bits per heavy atom. The summed E-state index contributed by atoms with van der Waals surface area (Å²) in [6.07, 6.45) is -5.05. The highest BCUT2D eigenvalue weighted by atomic mass is 19.4. The van der Waals surface area contributed by atoms with E-state index in [9.17, 15) is 18.0 Å². The molecule has 0 aromatic heterocycles. The highest BCUT2D eigenvalue weighted by molar-refractivity contribution is 6.01. The number of phenolic OH excluding ortho intramolecular Hbond substituents is 2. The van der Waals surface area contributed by atoms with Crippen molar-refractivity contribution in [1.82, 2.24) is 0 Å². The van der Waals surface area contributed by atoms with E-state index in [1.165, 1.54) is 0 Å². The standard InChI is InChI=1S/C9H7F3O4/c1-16-6-3-4(2-5(13)7(6)14)8(15)9(10,11)12/h2-3,13-14H,1H3. The van der Waals surface area contributed by atoms with Crippen LogP contribution in [0.1, 0.15) is 10.4 Å². The van der Waals surface area contributed by atoms with Crippen molar-refractivity contribution in [2.45, 2.75) is 6.18 Å². The summed E-state index contributed by atoms with van der Waals surface area (Å²) in [7, 11) is 1.08. The van der Waals surface area contributed by atoms with E-state index < -0.39 is 34.8 Å². The molecule has 0 aliphatic carbocycles. The molecule has 0 aliphatic heterocycles. The lowest BCUT2D eigenvalue weighted by atomic mass is 10.1. The van der Waals surface area contributed by atoms with Crippen molar-refractivity contribution in [2.75, 3.05) is 7.11 Å². The summed E-state index contributed by atoms with van der Waals surface area (Å²) in [5.41, 5.74) is -0.806. The number of hydrogen-bond donors (Lipinski definition) is 2. The summed E-state index contributed by atoms with van der Waals surface area (Å²) in [6.45, 7) is 0. The number of ether oxygens (including phenoxy) is 1. The fraction of sp³-hybridized carbons (Fsp3) is 0.222. The van der Waals surface area contributed by atoms with Crippen molar-refractivity contribution in [3.8, 4) is 17.2 Å². The van der Waals surface area contributed by atoms with Crippen LogP contribution in [0.5, 0.6) is 17.2 Å². The second kappa shape index (κ2) is 3.92. The van der Waals surface area contributed by atoms with Crippen LogP contribution in [0.4, 0.5) is 13.2 Å². The molecule has 0 bridgehead atoms. The van der Waals surface area contributed by atoms with Gasteiger partial charge in [0.05, 0.1) is 7.11 Å². The Morgan fingerprint density at radius 2 is 1.88 bits per heavy atom. The van der Waals surface area contributed by atoms with Gasteiger partial charge in [0, 0.05) is 5.56 Å². The largest absolute Gasteiger partial charge is 0.504 e. The monoisotopic (exact) mass is 236 g/mol. The van der Waals surface area contributed by atoms with Gasteiger partial charge in [0.25, 0.3) is 5.78 Å². The highest BCUT2D eigenvalue weighted by Crippen LogP contribution is 2.37. The molecule has 0 amide bonds. The van der Waals surface area contributed by atoms with E-state index in [4.69, 9.17) is 10.2 Å². The number of aromatic hydroxyl groups is 2. The Bertz CT molecular complexity index is 425. The van der Waals surface area contributed by atoms with Gasteiger partial charge in [-0.1, -0.05) is 0 Å². The van der Waals surface area contributed by atoms with Crippen molar-refractivity contribution in [1.29, 1.82) is 0 Å². The molecule has 0 unspecified atom stereocenters. The Hall–Kier alpha value is -1.92. The third-order valence-corrected chi connectivity index (χ3v) is 1.79. The number of benzene rings is 1. The number of rotatable bonds is 2. The summed E-state index contributed by atoms with van der Waals surface area (Å²) in [5.74, 6) is -4.11. The zero-order valence-electron chi connectivity index (χ0n) is 8.00. The summed E-state index contributed by atoms with van der Waals surface area (Å²) < 4.78 is 40.7. The Labute approximate surface area is 87.9 Å². The minimum atomic E-state index is -5.05. The minimum absolute atomic E-state index is 0.410. The van der Waals surface area contributed by atoms with Crippen molar-refractivity contribution < 1.29 is 32.9 Å². The van der Waals surface area contributed by atoms with Crippen molar-refractivity contribution in [3.05, 3.63) is 17.7 Å². The molecule has 0 heterocycles. The van der Waals surface area contributed by atoms with E-state index in [0.717, 1.165) is 7.11 Å². The number of carbonyl (C=O) groups excluding carboxylic acids is 1. The molecule has 1 aromatic carbocycles. The van der Waals surface area contributed by atoms with Gasteiger partial charge in [0.1, 0.15) is 0 Å². The maximum Gasteiger partial charge on any atom is 0.454 e. The number of Topliss-reactive ketones (excluding diaryl/α,β-unsaturated/α-hetero) is 1. The lowest BCUT2D eigenvalue weighted by Crippen LogP contribution is -2.22. The molecular weight excluding hydrogens is 229 g/mol. The zero-order valence-corrected chi connectivity index (χ0v) is 8.00. The third kappa shape index (κ3) is 2.18. The predicted molar refractivity (Wildman–Crippen MR) is 46.7 cm³/mol. The van der Waals surface area contributed by atoms with Crippen molar-refractivity contribution in [2.24, 2.45) is 0 Å². The molecule has 0 saturated carbocycles. The molecule has 0 spiro atoms. The maximum atomic E-state index is 12.1. The molecule has 4 nitrogen and oxygen atoms in total. The van der Waals surface area contributed by atoms with E-state index in [1.807, 2.05) is 0 Å². The van der Waals surface area contributed by atoms with Crippen LogP contribution in [-0.4, -0.2) is 29.3 Å². The van der Waals surface area contributed by atoms with Crippen molar-refractivity contribution >= 4 is 5.78 Å². The number of phenols is 2. The van der Waals surface area contributed by atoms with Gasteiger partial charge in [-0.15, -0.1) is 0 Å². The molecule has 16 heavy (non-hydrogen) atoms. The summed E-state index contributed by atoms with van der Waals surface area (Å²) >= 11 is 0. The number of halogens is 3. The molecule has 1 aromatic rings. The lowest BCUT2D eigenvalue weighted by molar-refractivity contribution is -0.0885. The van der Waals surface area contributed by atoms with Gasteiger partial charge >= 0.3 is 6.18 Å². The Balaban J connectivity index is 3.27. The molecule has 2 N–H and O–H groups in total. The molecular formula is C9H7F3O4. The smallest absolute Gasteiger partial charge is 0.454 e. The first-order valence-electron chi connectivity index (χ1n) is 3.99. The van der Waals surface area contributed by atoms with Gasteiger partial charge in [0.2, 0.25) is 5.75 Å². The molecule has 1 rings (SSSR count). The van der Waals surface area contributed by atoms with Gasteiger partial charge < -0.3 is 14.9 Å². The molecule has 0 radical (unpaired) electrons. The van der Waals surface area contributed by atoms with Gasteiger partial charge in [0.15, 0.2) is 11.5 Å². The zero-order chi connectivity index (χ0) is 12.5. The van der Waals surface area contributed by atoms with Gasteiger partial charge in [-0.05, 0) is 12.1 Å². The van der Waals surface area contributed by atoms with Crippen LogP contribution >= 0.6 is 0 Å². The lowest BCUT2D eigenvalue weighted by Gasteiger charge is -2.09. The topological polar surface area (TPSA) is 66.8 Å². The van der Waals surface area contributed by atoms with Crippen LogP contribution in [0.2, 0.25) is 0 Å². The number of hydrogen-bond acceptors (Lipinski definition) is 4. The molecule has 0 fully saturated rings. The molecule has 0 aliphatic rings. The van der Waals surface area contributed by atoms with Crippen LogP contribution in [0.3, 0.4) is 0 Å². The van der Waals surface area contributed by atoms with Crippen molar-refractivity contribution in [3.63, 3.8) is 0 Å². The maximum absolute atomic E-state index is 12.1. The first-order chi connectivity index (χ1) is 7.27. The number of ketones is 1. The van der Waals surface area contributed by atoms with Crippen LogP contribution < -0.4 is 4.74 Å².